The molecule has 0 atom stereocenters. The van der Waals surface area contributed by atoms with E-state index in [-0.39, 0.29) is 13.2 Å². The number of aliphatic hydroxyl groups is 1. The molecule has 7 nitrogen and oxygen atoms in total. The summed E-state index contributed by atoms with van der Waals surface area (Å²) in [4.78, 5) is 8.11. The van der Waals surface area contributed by atoms with Gasteiger partial charge in [-0.2, -0.15) is 13.2 Å². The van der Waals surface area contributed by atoms with Crippen LogP contribution in [0.4, 0.5) is 13.2 Å². The molecule has 11 heteroatoms. The van der Waals surface area contributed by atoms with Crippen molar-refractivity contribution in [1.82, 2.24) is 15.6 Å². The lowest BCUT2D eigenvalue weighted by Crippen LogP contribution is -2.38. The average Bonchev–Trinajstić information content (AvgIpc) is 3.20. The maximum absolute atomic E-state index is 12.6. The van der Waals surface area contributed by atoms with Gasteiger partial charge in [0.05, 0.1) is 25.3 Å². The second kappa shape index (κ2) is 11.6. The van der Waals surface area contributed by atoms with E-state index in [4.69, 9.17) is 14.6 Å². The lowest BCUT2D eigenvalue weighted by Gasteiger charge is -2.12. The molecular weight excluding hydrogens is 421 g/mol. The van der Waals surface area contributed by atoms with E-state index in [1.165, 1.54) is 7.11 Å². The number of guanidine groups is 1. The van der Waals surface area contributed by atoms with Crippen molar-refractivity contribution in [3.8, 4) is 11.5 Å². The third-order valence-corrected chi connectivity index (χ3v) is 4.72. The summed E-state index contributed by atoms with van der Waals surface area (Å²) in [6, 6.07) is 5.39. The highest BCUT2D eigenvalue weighted by atomic mass is 32.1. The van der Waals surface area contributed by atoms with E-state index in [0.29, 0.717) is 48.5 Å². The first-order valence-corrected chi connectivity index (χ1v) is 10.2. The predicted molar refractivity (Wildman–Crippen MR) is 109 cm³/mol. The van der Waals surface area contributed by atoms with Crippen LogP contribution in [0.2, 0.25) is 0 Å². The summed E-state index contributed by atoms with van der Waals surface area (Å²) in [5, 5.41) is 16.5. The minimum Gasteiger partial charge on any atom is -0.493 e. The van der Waals surface area contributed by atoms with Gasteiger partial charge in [-0.25, -0.2) is 9.98 Å². The standard InChI is InChI=1S/C19H25F3N4O3S/c1-3-23-18(24-7-6-17-26-16(12-30-17)19(20,21)22)25-11-13-4-5-14(29-9-8-27)15(10-13)28-2/h4-5,10,12,27H,3,6-9,11H2,1-2H3,(H2,23,24,25). The molecule has 2 aromatic rings. The fourth-order valence-electron chi connectivity index (χ4n) is 2.44. The third kappa shape index (κ3) is 7.38. The highest BCUT2D eigenvalue weighted by molar-refractivity contribution is 7.09. The Hall–Kier alpha value is -2.53. The molecule has 0 saturated heterocycles. The smallest absolute Gasteiger partial charge is 0.434 e. The van der Waals surface area contributed by atoms with Gasteiger partial charge in [-0.3, -0.25) is 0 Å². The summed E-state index contributed by atoms with van der Waals surface area (Å²) in [6.07, 6.45) is -4.06. The fourth-order valence-corrected chi connectivity index (χ4v) is 3.25. The predicted octanol–water partition coefficient (Wildman–Crippen LogP) is 2.84. The monoisotopic (exact) mass is 446 g/mol. The summed E-state index contributed by atoms with van der Waals surface area (Å²) >= 11 is 0.990. The van der Waals surface area contributed by atoms with Crippen LogP contribution in [0.25, 0.3) is 0 Å². The molecule has 0 amide bonds. The average molecular weight is 446 g/mol. The Kier molecular flexibility index (Phi) is 9.18. The van der Waals surface area contributed by atoms with Crippen molar-refractivity contribution in [3.05, 3.63) is 39.8 Å². The molecule has 1 aromatic carbocycles. The van der Waals surface area contributed by atoms with E-state index in [2.05, 4.69) is 20.6 Å². The van der Waals surface area contributed by atoms with E-state index < -0.39 is 11.9 Å². The highest BCUT2D eigenvalue weighted by Crippen LogP contribution is 2.30. The maximum Gasteiger partial charge on any atom is 0.434 e. The number of halogens is 3. The van der Waals surface area contributed by atoms with E-state index in [1.807, 2.05) is 13.0 Å². The summed E-state index contributed by atoms with van der Waals surface area (Å²) in [6.45, 7) is 3.40. The second-order valence-electron chi connectivity index (χ2n) is 6.05. The molecule has 1 heterocycles. The number of aromatic nitrogens is 1. The largest absolute Gasteiger partial charge is 0.493 e. The van der Waals surface area contributed by atoms with Gasteiger partial charge in [0, 0.05) is 24.9 Å². The molecule has 0 fully saturated rings. The van der Waals surface area contributed by atoms with Crippen LogP contribution >= 0.6 is 11.3 Å². The van der Waals surface area contributed by atoms with Crippen LogP contribution in [0, 0.1) is 0 Å². The number of nitrogens with zero attached hydrogens (tertiary/aromatic N) is 2. The van der Waals surface area contributed by atoms with Crippen LogP contribution in [0.1, 0.15) is 23.2 Å². The van der Waals surface area contributed by atoms with Crippen molar-refractivity contribution in [2.24, 2.45) is 4.99 Å². The first kappa shape index (κ1) is 23.7. The molecule has 3 N–H and O–H groups in total. The van der Waals surface area contributed by atoms with Crippen LogP contribution in [-0.4, -0.2) is 49.5 Å². The number of rotatable bonds is 10. The molecule has 0 aliphatic rings. The molecule has 0 unspecified atom stereocenters. The van der Waals surface area contributed by atoms with Gasteiger partial charge in [0.1, 0.15) is 6.61 Å². The molecule has 0 aliphatic heterocycles. The van der Waals surface area contributed by atoms with Gasteiger partial charge in [-0.15, -0.1) is 11.3 Å². The molecule has 30 heavy (non-hydrogen) atoms. The van der Waals surface area contributed by atoms with Crippen molar-refractivity contribution in [2.75, 3.05) is 33.4 Å². The number of methoxy groups -OCH3 is 1. The van der Waals surface area contributed by atoms with Gasteiger partial charge in [-0.05, 0) is 24.6 Å². The first-order valence-electron chi connectivity index (χ1n) is 9.31. The quantitative estimate of drug-likeness (QED) is 0.384. The third-order valence-electron chi connectivity index (χ3n) is 3.81. The molecular formula is C19H25F3N4O3S. The summed E-state index contributed by atoms with van der Waals surface area (Å²) < 4.78 is 48.6. The fraction of sp³-hybridized carbons (Fsp3) is 0.474. The van der Waals surface area contributed by atoms with E-state index >= 15 is 0 Å². The second-order valence-corrected chi connectivity index (χ2v) is 7.00. The summed E-state index contributed by atoms with van der Waals surface area (Å²) in [5.41, 5.74) is 0.0265. The van der Waals surface area contributed by atoms with Crippen molar-refractivity contribution < 1.29 is 27.8 Å². The Bertz CT molecular complexity index is 828. The van der Waals surface area contributed by atoms with Gasteiger partial charge in [0.15, 0.2) is 23.2 Å². The van der Waals surface area contributed by atoms with Crippen LogP contribution in [0.5, 0.6) is 11.5 Å². The molecule has 166 valence electrons. The zero-order valence-corrected chi connectivity index (χ0v) is 17.6. The van der Waals surface area contributed by atoms with E-state index in [0.717, 1.165) is 22.3 Å². The Balaban J connectivity index is 1.94. The van der Waals surface area contributed by atoms with Crippen LogP contribution in [0.3, 0.4) is 0 Å². The number of alkyl halides is 3. The van der Waals surface area contributed by atoms with Crippen molar-refractivity contribution in [3.63, 3.8) is 0 Å². The number of aliphatic imine (C=N–C) groups is 1. The van der Waals surface area contributed by atoms with Crippen molar-refractivity contribution >= 4 is 17.3 Å². The van der Waals surface area contributed by atoms with Crippen molar-refractivity contribution in [2.45, 2.75) is 26.1 Å². The number of benzene rings is 1. The van der Waals surface area contributed by atoms with Gasteiger partial charge < -0.3 is 25.2 Å². The number of aliphatic hydroxyl groups excluding tert-OH is 1. The van der Waals surface area contributed by atoms with Crippen LogP contribution in [0.15, 0.2) is 28.6 Å². The van der Waals surface area contributed by atoms with Crippen molar-refractivity contribution in [1.29, 1.82) is 0 Å². The Morgan fingerprint density at radius 1 is 1.27 bits per heavy atom. The molecule has 1 aromatic heterocycles. The molecule has 0 saturated carbocycles. The van der Waals surface area contributed by atoms with E-state index in [9.17, 15) is 13.2 Å². The molecule has 0 radical (unpaired) electrons. The van der Waals surface area contributed by atoms with Gasteiger partial charge in [0.2, 0.25) is 0 Å². The number of hydrogen-bond donors (Lipinski definition) is 3. The van der Waals surface area contributed by atoms with Crippen LogP contribution in [-0.2, 0) is 19.1 Å². The highest BCUT2D eigenvalue weighted by Gasteiger charge is 2.33. The first-order chi connectivity index (χ1) is 14.4. The Morgan fingerprint density at radius 2 is 2.07 bits per heavy atom. The SMILES string of the molecule is CCNC(=NCc1ccc(OCCO)c(OC)c1)NCCc1nc(C(F)(F)F)cs1. The number of thiazole rings is 1. The lowest BCUT2D eigenvalue weighted by atomic mass is 10.2. The minimum absolute atomic E-state index is 0.0918. The molecule has 0 aliphatic carbocycles. The topological polar surface area (TPSA) is 88.0 Å². The van der Waals surface area contributed by atoms with Gasteiger partial charge in [0.25, 0.3) is 0 Å². The number of ether oxygens (including phenoxy) is 2. The minimum atomic E-state index is -4.42. The van der Waals surface area contributed by atoms with Crippen LogP contribution < -0.4 is 20.1 Å². The number of hydrogen-bond acceptors (Lipinski definition) is 6. The Morgan fingerprint density at radius 3 is 2.70 bits per heavy atom. The lowest BCUT2D eigenvalue weighted by molar-refractivity contribution is -0.140. The zero-order valence-electron chi connectivity index (χ0n) is 16.8. The van der Waals surface area contributed by atoms with Gasteiger partial charge >= 0.3 is 6.18 Å². The Labute approximate surface area is 177 Å². The maximum atomic E-state index is 12.6. The van der Waals surface area contributed by atoms with E-state index in [1.54, 1.807) is 12.1 Å². The summed E-state index contributed by atoms with van der Waals surface area (Å²) in [5.74, 6) is 1.62. The zero-order chi connectivity index (χ0) is 22.0. The normalized spacial score (nSPS) is 12.0. The molecule has 2 rings (SSSR count). The molecule has 0 bridgehead atoms. The number of nitrogens with one attached hydrogen (secondary N) is 2. The molecule has 0 spiro atoms. The summed E-state index contributed by atoms with van der Waals surface area (Å²) in [7, 11) is 1.53. The van der Waals surface area contributed by atoms with Gasteiger partial charge in [-0.1, -0.05) is 6.07 Å².